The Morgan fingerprint density at radius 2 is 0.789 bits per heavy atom. The van der Waals surface area contributed by atoms with Crippen LogP contribution in [0.15, 0.2) is 24.3 Å². The van der Waals surface area contributed by atoms with Crippen LogP contribution in [-0.4, -0.2) is 0 Å². The number of halogens is 6. The molecule has 0 atom stereocenters. The van der Waals surface area contributed by atoms with Gasteiger partial charge in [0, 0.05) is 35.6 Å². The number of rotatable bonds is 2. The van der Waals surface area contributed by atoms with Gasteiger partial charge in [0.1, 0.15) is 0 Å². The summed E-state index contributed by atoms with van der Waals surface area (Å²) in [5.74, 6) is -9.20. The number of hydrogen-bond acceptors (Lipinski definition) is 1. The van der Waals surface area contributed by atoms with Crippen LogP contribution in [-0.2, 0) is 0 Å². The Hall–Kier alpha value is -2.18. The highest BCUT2D eigenvalue weighted by atomic mass is 19.2. The summed E-state index contributed by atoms with van der Waals surface area (Å²) in [5.41, 5.74) is -0.552. The van der Waals surface area contributed by atoms with Crippen LogP contribution in [0.4, 0.5) is 37.7 Å². The molecule has 2 rings (SSSR count). The summed E-state index contributed by atoms with van der Waals surface area (Å²) in [7, 11) is 0. The molecular weight excluding hydrogens is 272 g/mol. The van der Waals surface area contributed by atoms with Crippen molar-refractivity contribution in [3.8, 4) is 0 Å². The van der Waals surface area contributed by atoms with Crippen molar-refractivity contribution in [1.29, 1.82) is 0 Å². The molecule has 0 unspecified atom stereocenters. The van der Waals surface area contributed by atoms with E-state index in [0.29, 0.717) is 24.3 Å². The van der Waals surface area contributed by atoms with E-state index in [9.17, 15) is 26.3 Å². The molecule has 2 aromatic rings. The van der Waals surface area contributed by atoms with E-state index in [1.807, 2.05) is 0 Å². The molecule has 0 amide bonds. The summed E-state index contributed by atoms with van der Waals surface area (Å²) in [6, 6.07) is 2.38. The summed E-state index contributed by atoms with van der Waals surface area (Å²) in [5, 5.41) is 2.23. The maximum Gasteiger partial charge on any atom is 0.194 e. The second-order valence-electron chi connectivity index (χ2n) is 3.63. The molecule has 0 radical (unpaired) electrons. The van der Waals surface area contributed by atoms with Crippen molar-refractivity contribution in [3.05, 3.63) is 59.2 Å². The van der Waals surface area contributed by atoms with Gasteiger partial charge in [0.15, 0.2) is 34.9 Å². The van der Waals surface area contributed by atoms with E-state index in [0.717, 1.165) is 0 Å². The largest absolute Gasteiger partial charge is 0.355 e. The minimum Gasteiger partial charge on any atom is -0.355 e. The van der Waals surface area contributed by atoms with Crippen molar-refractivity contribution in [2.24, 2.45) is 0 Å². The third-order valence-electron chi connectivity index (χ3n) is 2.26. The number of nitrogens with one attached hydrogen (secondary N) is 1. The number of hydrogen-bond donors (Lipinski definition) is 1. The Bertz CT molecular complexity index is 539. The Kier molecular flexibility index (Phi) is 3.37. The minimum atomic E-state index is -1.66. The molecule has 100 valence electrons. The molecule has 0 bridgehead atoms. The van der Waals surface area contributed by atoms with E-state index in [4.69, 9.17) is 0 Å². The summed E-state index contributed by atoms with van der Waals surface area (Å²) in [6.07, 6.45) is 0. The average molecular weight is 277 g/mol. The van der Waals surface area contributed by atoms with Crippen LogP contribution in [0.2, 0.25) is 0 Å². The lowest BCUT2D eigenvalue weighted by Crippen LogP contribution is -1.99. The summed E-state index contributed by atoms with van der Waals surface area (Å²) >= 11 is 0. The van der Waals surface area contributed by atoms with Crippen LogP contribution >= 0.6 is 0 Å². The molecular formula is C12H5F6N. The summed E-state index contributed by atoms with van der Waals surface area (Å²) in [4.78, 5) is 0. The minimum absolute atomic E-state index is 0.276. The highest BCUT2D eigenvalue weighted by Gasteiger charge is 2.13. The maximum absolute atomic E-state index is 12.9. The molecule has 0 heterocycles. The zero-order valence-electron chi connectivity index (χ0n) is 9.08. The molecule has 1 nitrogen and oxygen atoms in total. The smallest absolute Gasteiger partial charge is 0.194 e. The zero-order chi connectivity index (χ0) is 14.2. The van der Waals surface area contributed by atoms with Gasteiger partial charge in [0.05, 0.1) is 0 Å². The predicted octanol–water partition coefficient (Wildman–Crippen LogP) is 4.26. The Morgan fingerprint density at radius 3 is 1.05 bits per heavy atom. The number of benzene rings is 2. The lowest BCUT2D eigenvalue weighted by molar-refractivity contribution is 0.447. The van der Waals surface area contributed by atoms with Gasteiger partial charge in [-0.3, -0.25) is 0 Å². The average Bonchev–Trinajstić information content (AvgIpc) is 2.33. The first-order valence-electron chi connectivity index (χ1n) is 4.94. The van der Waals surface area contributed by atoms with E-state index < -0.39 is 34.9 Å². The lowest BCUT2D eigenvalue weighted by Gasteiger charge is -2.08. The van der Waals surface area contributed by atoms with E-state index in [1.165, 1.54) is 0 Å². The molecule has 0 aliphatic heterocycles. The summed E-state index contributed by atoms with van der Waals surface area (Å²) in [6.45, 7) is 0. The maximum atomic E-state index is 12.9. The fourth-order valence-corrected chi connectivity index (χ4v) is 1.42. The van der Waals surface area contributed by atoms with Gasteiger partial charge in [0.25, 0.3) is 0 Å². The SMILES string of the molecule is Fc1cc(Nc2cc(F)c(F)c(F)c2)cc(F)c1F. The van der Waals surface area contributed by atoms with Crippen LogP contribution in [0, 0.1) is 34.9 Å². The van der Waals surface area contributed by atoms with E-state index >= 15 is 0 Å². The molecule has 19 heavy (non-hydrogen) atoms. The van der Waals surface area contributed by atoms with Crippen LogP contribution in [0.1, 0.15) is 0 Å². The van der Waals surface area contributed by atoms with Crippen molar-refractivity contribution in [2.75, 3.05) is 5.32 Å². The molecule has 2 aromatic carbocycles. The van der Waals surface area contributed by atoms with Gasteiger partial charge in [0.2, 0.25) is 0 Å². The molecule has 0 aliphatic carbocycles. The Labute approximate surface area is 103 Å². The highest BCUT2D eigenvalue weighted by molar-refractivity contribution is 5.59. The lowest BCUT2D eigenvalue weighted by atomic mass is 10.2. The third kappa shape index (κ3) is 2.64. The standard InChI is InChI=1S/C12H5F6N/c13-7-1-5(2-8(14)11(7)17)19-6-3-9(15)12(18)10(16)4-6/h1-4,19H. The first kappa shape index (κ1) is 13.3. The fraction of sp³-hybridized carbons (Fsp3) is 0. The second kappa shape index (κ2) is 4.83. The Morgan fingerprint density at radius 1 is 0.526 bits per heavy atom. The molecule has 0 saturated carbocycles. The van der Waals surface area contributed by atoms with Gasteiger partial charge in [-0.2, -0.15) is 0 Å². The van der Waals surface area contributed by atoms with Crippen molar-refractivity contribution in [2.45, 2.75) is 0 Å². The van der Waals surface area contributed by atoms with E-state index in [-0.39, 0.29) is 11.4 Å². The van der Waals surface area contributed by atoms with Crippen molar-refractivity contribution >= 4 is 11.4 Å². The molecule has 7 heteroatoms. The summed E-state index contributed by atoms with van der Waals surface area (Å²) < 4.78 is 77.0. The molecule has 0 spiro atoms. The van der Waals surface area contributed by atoms with Gasteiger partial charge in [-0.15, -0.1) is 0 Å². The van der Waals surface area contributed by atoms with Gasteiger partial charge in [-0.25, -0.2) is 26.3 Å². The van der Waals surface area contributed by atoms with Gasteiger partial charge < -0.3 is 5.32 Å². The normalized spacial score (nSPS) is 10.6. The fourth-order valence-electron chi connectivity index (χ4n) is 1.42. The van der Waals surface area contributed by atoms with Crippen LogP contribution < -0.4 is 5.32 Å². The van der Waals surface area contributed by atoms with E-state index in [2.05, 4.69) is 5.32 Å². The first-order chi connectivity index (χ1) is 8.88. The monoisotopic (exact) mass is 277 g/mol. The van der Waals surface area contributed by atoms with Gasteiger partial charge in [-0.1, -0.05) is 0 Å². The topological polar surface area (TPSA) is 12.0 Å². The number of anilines is 2. The quantitative estimate of drug-likeness (QED) is 0.638. The van der Waals surface area contributed by atoms with E-state index in [1.54, 1.807) is 0 Å². The van der Waals surface area contributed by atoms with Crippen LogP contribution in [0.3, 0.4) is 0 Å². The van der Waals surface area contributed by atoms with Crippen LogP contribution in [0.5, 0.6) is 0 Å². The predicted molar refractivity (Wildman–Crippen MR) is 55.9 cm³/mol. The second-order valence-corrected chi connectivity index (χ2v) is 3.63. The third-order valence-corrected chi connectivity index (χ3v) is 2.26. The molecule has 0 aliphatic rings. The van der Waals surface area contributed by atoms with Crippen LogP contribution in [0.25, 0.3) is 0 Å². The first-order valence-corrected chi connectivity index (χ1v) is 4.94. The zero-order valence-corrected chi connectivity index (χ0v) is 9.08. The van der Waals surface area contributed by atoms with Crippen molar-refractivity contribution in [1.82, 2.24) is 0 Å². The molecule has 0 aromatic heterocycles. The molecule has 0 fully saturated rings. The molecule has 1 N–H and O–H groups in total. The van der Waals surface area contributed by atoms with Gasteiger partial charge in [-0.05, 0) is 0 Å². The van der Waals surface area contributed by atoms with Crippen molar-refractivity contribution in [3.63, 3.8) is 0 Å². The van der Waals surface area contributed by atoms with Crippen molar-refractivity contribution < 1.29 is 26.3 Å². The highest BCUT2D eigenvalue weighted by Crippen LogP contribution is 2.24. The Balaban J connectivity index is 2.36. The molecule has 0 saturated heterocycles. The van der Waals surface area contributed by atoms with Gasteiger partial charge >= 0.3 is 0 Å².